The molecule has 0 bridgehead atoms. The maximum atomic E-state index is 5.76. The highest BCUT2D eigenvalue weighted by Crippen LogP contribution is 2.23. The number of nitrogen functional groups attached to an aromatic ring is 3. The second-order valence-electron chi connectivity index (χ2n) is 3.29. The van der Waals surface area contributed by atoms with Crippen LogP contribution in [0, 0.1) is 0 Å². The van der Waals surface area contributed by atoms with E-state index in [0.29, 0.717) is 28.6 Å². The van der Waals surface area contributed by atoms with Gasteiger partial charge in [-0.25, -0.2) is 4.98 Å². The van der Waals surface area contributed by atoms with Crippen LogP contribution in [0.15, 0.2) is 30.7 Å². The van der Waals surface area contributed by atoms with Crippen LogP contribution in [0.4, 0.5) is 28.6 Å². The number of nitrogens with one attached hydrogen (secondary N) is 1. The molecule has 0 aliphatic carbocycles. The molecule has 0 amide bonds. The number of aromatic nitrogens is 2. The van der Waals surface area contributed by atoms with E-state index in [1.54, 1.807) is 30.7 Å². The predicted molar refractivity (Wildman–Crippen MR) is 65.0 cm³/mol. The lowest BCUT2D eigenvalue weighted by Gasteiger charge is -2.09. The fourth-order valence-corrected chi connectivity index (χ4v) is 1.23. The van der Waals surface area contributed by atoms with Crippen molar-refractivity contribution >= 4 is 28.6 Å². The van der Waals surface area contributed by atoms with E-state index < -0.39 is 0 Å². The Morgan fingerprint density at radius 1 is 1.06 bits per heavy atom. The van der Waals surface area contributed by atoms with E-state index in [-0.39, 0.29) is 0 Å². The number of rotatable bonds is 2. The summed E-state index contributed by atoms with van der Waals surface area (Å²) in [5.41, 5.74) is 19.3. The highest BCUT2D eigenvalue weighted by atomic mass is 15.0. The fourth-order valence-electron chi connectivity index (χ4n) is 1.23. The number of nitrogens with zero attached hydrogens (tertiary/aromatic N) is 2. The van der Waals surface area contributed by atoms with Crippen LogP contribution in [0.25, 0.3) is 0 Å². The molecule has 0 aliphatic heterocycles. The van der Waals surface area contributed by atoms with Crippen LogP contribution in [0.2, 0.25) is 0 Å². The summed E-state index contributed by atoms with van der Waals surface area (Å²) in [6.45, 7) is 0. The Balaban J connectivity index is 2.28. The zero-order valence-electron chi connectivity index (χ0n) is 8.51. The molecule has 6 heteroatoms. The van der Waals surface area contributed by atoms with E-state index in [9.17, 15) is 0 Å². The first-order valence-corrected chi connectivity index (χ1v) is 4.64. The van der Waals surface area contributed by atoms with E-state index in [1.807, 2.05) is 0 Å². The Bertz CT molecular complexity index is 510. The molecule has 0 saturated carbocycles. The minimum absolute atomic E-state index is 0.310. The maximum Gasteiger partial charge on any atom is 0.146 e. The number of hydrogen-bond acceptors (Lipinski definition) is 6. The van der Waals surface area contributed by atoms with Gasteiger partial charge in [0.2, 0.25) is 0 Å². The van der Waals surface area contributed by atoms with Crippen molar-refractivity contribution < 1.29 is 0 Å². The average molecular weight is 216 g/mol. The lowest BCUT2D eigenvalue weighted by Crippen LogP contribution is -2.01. The van der Waals surface area contributed by atoms with Crippen LogP contribution in [-0.4, -0.2) is 9.97 Å². The number of hydrogen-bond donors (Lipinski definition) is 4. The van der Waals surface area contributed by atoms with Gasteiger partial charge in [0.15, 0.2) is 0 Å². The smallest absolute Gasteiger partial charge is 0.146 e. The van der Waals surface area contributed by atoms with E-state index in [2.05, 4.69) is 15.3 Å². The molecule has 0 aromatic carbocycles. The number of anilines is 5. The highest BCUT2D eigenvalue weighted by molar-refractivity contribution is 5.74. The molecular weight excluding hydrogens is 204 g/mol. The van der Waals surface area contributed by atoms with Crippen molar-refractivity contribution in [3.8, 4) is 0 Å². The lowest BCUT2D eigenvalue weighted by molar-refractivity contribution is 1.30. The summed E-state index contributed by atoms with van der Waals surface area (Å²) in [6.07, 6.45) is 4.83. The topological polar surface area (TPSA) is 116 Å². The molecule has 0 fully saturated rings. The molecule has 0 unspecified atom stereocenters. The summed E-state index contributed by atoms with van der Waals surface area (Å²) in [7, 11) is 0. The fraction of sp³-hybridized carbons (Fsp3) is 0. The zero-order valence-corrected chi connectivity index (χ0v) is 8.51. The molecule has 7 N–H and O–H groups in total. The lowest BCUT2D eigenvalue weighted by atomic mass is 10.3. The molecule has 2 heterocycles. The number of nitrogens with two attached hydrogens (primary N) is 3. The van der Waals surface area contributed by atoms with Crippen molar-refractivity contribution in [1.29, 1.82) is 0 Å². The van der Waals surface area contributed by atoms with Crippen molar-refractivity contribution in [2.45, 2.75) is 0 Å². The van der Waals surface area contributed by atoms with Crippen molar-refractivity contribution in [1.82, 2.24) is 9.97 Å². The predicted octanol–water partition coefficient (Wildman–Crippen LogP) is 0.967. The molecule has 0 aliphatic rings. The Labute approximate surface area is 92.5 Å². The van der Waals surface area contributed by atoms with Crippen LogP contribution in [0.3, 0.4) is 0 Å². The van der Waals surface area contributed by atoms with Gasteiger partial charge in [-0.15, -0.1) is 0 Å². The first-order valence-electron chi connectivity index (χ1n) is 4.64. The Morgan fingerprint density at radius 3 is 2.56 bits per heavy atom. The quantitative estimate of drug-likeness (QED) is 0.594. The molecule has 0 saturated heterocycles. The molecule has 2 aromatic rings. The van der Waals surface area contributed by atoms with Gasteiger partial charge in [0.05, 0.1) is 35.1 Å². The van der Waals surface area contributed by atoms with Crippen molar-refractivity contribution in [2.75, 3.05) is 22.5 Å². The third-order valence-electron chi connectivity index (χ3n) is 2.08. The first kappa shape index (κ1) is 10.0. The van der Waals surface area contributed by atoms with Gasteiger partial charge in [-0.3, -0.25) is 4.98 Å². The molecular formula is C10H12N6. The third kappa shape index (κ3) is 1.95. The summed E-state index contributed by atoms with van der Waals surface area (Å²) < 4.78 is 0. The minimum atomic E-state index is 0.310. The highest BCUT2D eigenvalue weighted by Gasteiger charge is 2.01. The summed E-state index contributed by atoms with van der Waals surface area (Å²) in [6, 6.07) is 3.39. The van der Waals surface area contributed by atoms with E-state index in [0.717, 1.165) is 0 Å². The summed E-state index contributed by atoms with van der Waals surface area (Å²) in [5.74, 6) is 0.310. The van der Waals surface area contributed by atoms with Gasteiger partial charge in [-0.1, -0.05) is 0 Å². The summed E-state index contributed by atoms with van der Waals surface area (Å²) in [5, 5.41) is 3.05. The first-order chi connectivity index (χ1) is 7.66. The van der Waals surface area contributed by atoms with E-state index in [1.165, 1.54) is 0 Å². The largest absolute Gasteiger partial charge is 0.397 e. The molecule has 0 atom stereocenters. The zero-order chi connectivity index (χ0) is 11.5. The molecule has 6 nitrogen and oxygen atoms in total. The second-order valence-corrected chi connectivity index (χ2v) is 3.29. The Morgan fingerprint density at radius 2 is 1.88 bits per heavy atom. The Kier molecular flexibility index (Phi) is 2.47. The summed E-state index contributed by atoms with van der Waals surface area (Å²) in [4.78, 5) is 7.90. The van der Waals surface area contributed by atoms with Gasteiger partial charge >= 0.3 is 0 Å². The SMILES string of the molecule is Nc1ccncc1Nc1cnc(N)c(N)c1. The molecule has 2 aromatic heterocycles. The van der Waals surface area contributed by atoms with Gasteiger partial charge in [0.1, 0.15) is 5.82 Å². The van der Waals surface area contributed by atoms with Gasteiger partial charge in [0, 0.05) is 6.20 Å². The molecule has 82 valence electrons. The minimum Gasteiger partial charge on any atom is -0.397 e. The summed E-state index contributed by atoms with van der Waals surface area (Å²) >= 11 is 0. The molecule has 0 radical (unpaired) electrons. The second kappa shape index (κ2) is 3.93. The standard InChI is InChI=1S/C10H12N6/c11-7-1-2-14-5-9(7)16-6-3-8(12)10(13)15-4-6/h1-5,16H,12H2,(H2,11,14)(H2,13,15). The third-order valence-corrected chi connectivity index (χ3v) is 2.08. The van der Waals surface area contributed by atoms with Gasteiger partial charge < -0.3 is 22.5 Å². The van der Waals surface area contributed by atoms with Crippen molar-refractivity contribution in [3.63, 3.8) is 0 Å². The van der Waals surface area contributed by atoms with Crippen LogP contribution in [0.1, 0.15) is 0 Å². The van der Waals surface area contributed by atoms with Crippen LogP contribution in [-0.2, 0) is 0 Å². The van der Waals surface area contributed by atoms with Crippen LogP contribution >= 0.6 is 0 Å². The van der Waals surface area contributed by atoms with E-state index in [4.69, 9.17) is 17.2 Å². The van der Waals surface area contributed by atoms with Gasteiger partial charge in [-0.2, -0.15) is 0 Å². The normalized spacial score (nSPS) is 10.0. The number of pyridine rings is 2. The maximum absolute atomic E-state index is 5.76. The van der Waals surface area contributed by atoms with Crippen molar-refractivity contribution in [2.24, 2.45) is 0 Å². The van der Waals surface area contributed by atoms with E-state index >= 15 is 0 Å². The monoisotopic (exact) mass is 216 g/mol. The van der Waals surface area contributed by atoms with Gasteiger partial charge in [-0.05, 0) is 12.1 Å². The van der Waals surface area contributed by atoms with Crippen molar-refractivity contribution in [3.05, 3.63) is 30.7 Å². The van der Waals surface area contributed by atoms with Crippen LogP contribution < -0.4 is 22.5 Å². The molecule has 2 rings (SSSR count). The Hall–Kier alpha value is -2.50. The average Bonchev–Trinajstić information content (AvgIpc) is 2.27. The molecule has 16 heavy (non-hydrogen) atoms. The van der Waals surface area contributed by atoms with Crippen LogP contribution in [0.5, 0.6) is 0 Å². The van der Waals surface area contributed by atoms with Gasteiger partial charge in [0.25, 0.3) is 0 Å². The molecule has 0 spiro atoms.